The minimum Gasteiger partial charge on any atom is -0.486 e. The summed E-state index contributed by atoms with van der Waals surface area (Å²) in [6.45, 7) is 7.53. The van der Waals surface area contributed by atoms with Crippen molar-refractivity contribution in [3.8, 4) is 11.5 Å². The normalized spacial score (nSPS) is 15.8. The van der Waals surface area contributed by atoms with Crippen molar-refractivity contribution in [2.75, 3.05) is 32.2 Å². The van der Waals surface area contributed by atoms with Crippen LogP contribution in [0.15, 0.2) is 18.2 Å². The molecule has 0 bridgehead atoms. The van der Waals surface area contributed by atoms with Crippen LogP contribution in [0.25, 0.3) is 0 Å². The highest BCUT2D eigenvalue weighted by molar-refractivity contribution is 6.18. The first-order valence-electron chi connectivity index (χ1n) is 6.49. The van der Waals surface area contributed by atoms with Gasteiger partial charge in [-0.2, -0.15) is 0 Å². The fourth-order valence-electron chi connectivity index (χ4n) is 2.33. The Labute approximate surface area is 114 Å². The summed E-state index contributed by atoms with van der Waals surface area (Å²) in [7, 11) is 0. The molecule has 0 saturated carbocycles. The van der Waals surface area contributed by atoms with E-state index in [1.54, 1.807) is 0 Å². The molecule has 2 rings (SSSR count). The van der Waals surface area contributed by atoms with Crippen LogP contribution >= 0.6 is 11.6 Å². The molecule has 0 aromatic heterocycles. The monoisotopic (exact) mass is 269 g/mol. The SMILES string of the molecule is CCN(CC)C(CCl)c1ccc2c(c1)OCCO2. The van der Waals surface area contributed by atoms with E-state index in [0.717, 1.165) is 24.6 Å². The Bertz CT molecular complexity index is 393. The zero-order valence-corrected chi connectivity index (χ0v) is 11.7. The average molecular weight is 270 g/mol. The van der Waals surface area contributed by atoms with Gasteiger partial charge in [0.05, 0.1) is 0 Å². The highest BCUT2D eigenvalue weighted by atomic mass is 35.5. The third-order valence-corrected chi connectivity index (χ3v) is 3.64. The van der Waals surface area contributed by atoms with Crippen LogP contribution in [0.5, 0.6) is 11.5 Å². The summed E-state index contributed by atoms with van der Waals surface area (Å²) in [6.07, 6.45) is 0. The molecule has 0 aliphatic carbocycles. The molecule has 0 fully saturated rings. The lowest BCUT2D eigenvalue weighted by atomic mass is 10.1. The minimum atomic E-state index is 0.234. The summed E-state index contributed by atoms with van der Waals surface area (Å²) in [6, 6.07) is 6.35. The van der Waals surface area contributed by atoms with Gasteiger partial charge >= 0.3 is 0 Å². The van der Waals surface area contributed by atoms with Gasteiger partial charge in [0.1, 0.15) is 13.2 Å². The summed E-state index contributed by atoms with van der Waals surface area (Å²) < 4.78 is 11.2. The summed E-state index contributed by atoms with van der Waals surface area (Å²) in [4.78, 5) is 2.35. The van der Waals surface area contributed by atoms with E-state index in [4.69, 9.17) is 21.1 Å². The molecule has 1 aromatic rings. The molecule has 1 aliphatic heterocycles. The Hall–Kier alpha value is -0.930. The predicted molar refractivity (Wildman–Crippen MR) is 73.8 cm³/mol. The van der Waals surface area contributed by atoms with Gasteiger partial charge in [0.25, 0.3) is 0 Å². The van der Waals surface area contributed by atoms with Crippen molar-refractivity contribution >= 4 is 11.6 Å². The van der Waals surface area contributed by atoms with Gasteiger partial charge in [-0.3, -0.25) is 4.90 Å². The molecule has 3 nitrogen and oxygen atoms in total. The van der Waals surface area contributed by atoms with Crippen LogP contribution in [0.4, 0.5) is 0 Å². The topological polar surface area (TPSA) is 21.7 Å². The molecule has 4 heteroatoms. The van der Waals surface area contributed by atoms with E-state index in [1.165, 1.54) is 5.56 Å². The first-order chi connectivity index (χ1) is 8.80. The second kappa shape index (κ2) is 6.30. The average Bonchev–Trinajstić information content (AvgIpc) is 2.44. The Balaban J connectivity index is 2.25. The summed E-state index contributed by atoms with van der Waals surface area (Å²) >= 11 is 6.12. The molecular weight excluding hydrogens is 250 g/mol. The Kier molecular flexibility index (Phi) is 4.72. The predicted octanol–water partition coefficient (Wildman–Crippen LogP) is 3.08. The van der Waals surface area contributed by atoms with E-state index in [9.17, 15) is 0 Å². The van der Waals surface area contributed by atoms with Crippen LogP contribution in [-0.4, -0.2) is 37.1 Å². The number of ether oxygens (including phenoxy) is 2. The van der Waals surface area contributed by atoms with Crippen LogP contribution in [0.3, 0.4) is 0 Å². The number of rotatable bonds is 5. The Morgan fingerprint density at radius 2 is 1.83 bits per heavy atom. The number of alkyl halides is 1. The number of fused-ring (bicyclic) bond motifs is 1. The lowest BCUT2D eigenvalue weighted by Gasteiger charge is -2.29. The maximum Gasteiger partial charge on any atom is 0.161 e. The quantitative estimate of drug-likeness (QED) is 0.767. The van der Waals surface area contributed by atoms with Crippen molar-refractivity contribution in [2.24, 2.45) is 0 Å². The smallest absolute Gasteiger partial charge is 0.161 e. The van der Waals surface area contributed by atoms with E-state index < -0.39 is 0 Å². The summed E-state index contributed by atoms with van der Waals surface area (Å²) in [5, 5.41) is 0. The molecule has 1 aliphatic rings. The minimum absolute atomic E-state index is 0.234. The third kappa shape index (κ3) is 2.73. The molecule has 1 unspecified atom stereocenters. The second-order valence-corrected chi connectivity index (χ2v) is 4.60. The van der Waals surface area contributed by atoms with Gasteiger partial charge in [-0.15, -0.1) is 11.6 Å². The van der Waals surface area contributed by atoms with E-state index in [2.05, 4.69) is 30.9 Å². The summed E-state index contributed by atoms with van der Waals surface area (Å²) in [5.41, 5.74) is 1.19. The van der Waals surface area contributed by atoms with Gasteiger partial charge < -0.3 is 9.47 Å². The van der Waals surface area contributed by atoms with Crippen molar-refractivity contribution in [1.29, 1.82) is 0 Å². The maximum atomic E-state index is 6.12. The molecule has 18 heavy (non-hydrogen) atoms. The Morgan fingerprint density at radius 3 is 2.44 bits per heavy atom. The van der Waals surface area contributed by atoms with Crippen LogP contribution in [0.2, 0.25) is 0 Å². The zero-order valence-electron chi connectivity index (χ0n) is 11.0. The summed E-state index contributed by atoms with van der Waals surface area (Å²) in [5.74, 6) is 2.25. The van der Waals surface area contributed by atoms with Crippen molar-refractivity contribution in [3.63, 3.8) is 0 Å². The van der Waals surface area contributed by atoms with Gasteiger partial charge in [-0.1, -0.05) is 19.9 Å². The molecule has 0 radical (unpaired) electrons. The number of halogens is 1. The molecule has 0 spiro atoms. The molecule has 0 saturated heterocycles. The van der Waals surface area contributed by atoms with Crippen LogP contribution < -0.4 is 9.47 Å². The van der Waals surface area contributed by atoms with E-state index in [1.807, 2.05) is 6.07 Å². The largest absolute Gasteiger partial charge is 0.486 e. The van der Waals surface area contributed by atoms with Crippen molar-refractivity contribution < 1.29 is 9.47 Å². The molecule has 0 amide bonds. The maximum absolute atomic E-state index is 6.12. The number of hydrogen-bond donors (Lipinski definition) is 0. The zero-order chi connectivity index (χ0) is 13.0. The first kappa shape index (κ1) is 13.5. The van der Waals surface area contributed by atoms with Gasteiger partial charge in [0.2, 0.25) is 0 Å². The number of benzene rings is 1. The van der Waals surface area contributed by atoms with Gasteiger partial charge in [0.15, 0.2) is 11.5 Å². The lowest BCUT2D eigenvalue weighted by molar-refractivity contribution is 0.170. The third-order valence-electron chi connectivity index (χ3n) is 3.35. The standard InChI is InChI=1S/C14H20ClNO2/c1-3-16(4-2)12(10-15)11-5-6-13-14(9-11)18-8-7-17-13/h5-6,9,12H,3-4,7-8,10H2,1-2H3. The molecule has 1 aromatic carbocycles. The molecule has 100 valence electrons. The highest BCUT2D eigenvalue weighted by Gasteiger charge is 2.20. The van der Waals surface area contributed by atoms with Gasteiger partial charge in [0, 0.05) is 11.9 Å². The van der Waals surface area contributed by atoms with Crippen LogP contribution in [0.1, 0.15) is 25.5 Å². The molecule has 1 atom stereocenters. The fourth-order valence-corrected chi connectivity index (χ4v) is 2.70. The molecule has 0 N–H and O–H groups in total. The van der Waals surface area contributed by atoms with Crippen LogP contribution in [0, 0.1) is 0 Å². The van der Waals surface area contributed by atoms with E-state index >= 15 is 0 Å². The van der Waals surface area contributed by atoms with E-state index in [-0.39, 0.29) is 6.04 Å². The van der Waals surface area contributed by atoms with Crippen molar-refractivity contribution in [1.82, 2.24) is 4.90 Å². The van der Waals surface area contributed by atoms with Crippen molar-refractivity contribution in [3.05, 3.63) is 23.8 Å². The van der Waals surface area contributed by atoms with Gasteiger partial charge in [-0.25, -0.2) is 0 Å². The van der Waals surface area contributed by atoms with Gasteiger partial charge in [-0.05, 0) is 30.8 Å². The lowest BCUT2D eigenvalue weighted by Crippen LogP contribution is -2.29. The van der Waals surface area contributed by atoms with Crippen LogP contribution in [-0.2, 0) is 0 Å². The number of nitrogens with zero attached hydrogens (tertiary/aromatic N) is 1. The first-order valence-corrected chi connectivity index (χ1v) is 7.03. The molecule has 1 heterocycles. The molecular formula is C14H20ClNO2. The number of hydrogen-bond acceptors (Lipinski definition) is 3. The fraction of sp³-hybridized carbons (Fsp3) is 0.571. The highest BCUT2D eigenvalue weighted by Crippen LogP contribution is 2.34. The van der Waals surface area contributed by atoms with E-state index in [0.29, 0.717) is 19.1 Å². The van der Waals surface area contributed by atoms with Crippen molar-refractivity contribution in [2.45, 2.75) is 19.9 Å². The Morgan fingerprint density at radius 1 is 1.17 bits per heavy atom. The second-order valence-electron chi connectivity index (χ2n) is 4.29.